The first-order chi connectivity index (χ1) is 15.0. The fourth-order valence-corrected chi connectivity index (χ4v) is 3.51. The molecule has 4 aromatic rings. The minimum Gasteiger partial charge on any atom is -0.493 e. The van der Waals surface area contributed by atoms with Gasteiger partial charge in [-0.3, -0.25) is 9.36 Å². The number of methoxy groups -OCH3 is 2. The summed E-state index contributed by atoms with van der Waals surface area (Å²) in [6.45, 7) is 3.96. The molecule has 0 spiro atoms. The van der Waals surface area contributed by atoms with Crippen molar-refractivity contribution in [3.8, 4) is 17.2 Å². The van der Waals surface area contributed by atoms with E-state index in [0.29, 0.717) is 44.9 Å². The maximum Gasteiger partial charge on any atom is 0.257 e. The second-order valence-corrected chi connectivity index (χ2v) is 7.30. The Bertz CT molecular complexity index is 1280. The zero-order valence-electron chi connectivity index (χ0n) is 18.0. The molecule has 3 N–H and O–H groups in total. The maximum absolute atomic E-state index is 13.1. The number of carbonyl (C=O) groups excluding carboxylic acids is 1. The van der Waals surface area contributed by atoms with Crippen LogP contribution in [0.4, 0.5) is 5.82 Å². The van der Waals surface area contributed by atoms with E-state index in [1.165, 1.54) is 0 Å². The SMILES string of the molecule is CCC(C)NC(=O)c1c(N)n(-c2ccc(OC)c(OC)c2)c2nc3ccccc3nc12. The van der Waals surface area contributed by atoms with Gasteiger partial charge in [-0.1, -0.05) is 19.1 Å². The van der Waals surface area contributed by atoms with Gasteiger partial charge in [0.05, 0.1) is 30.9 Å². The lowest BCUT2D eigenvalue weighted by atomic mass is 10.2. The fraction of sp³-hybridized carbons (Fsp3) is 0.261. The second kappa shape index (κ2) is 8.14. The average molecular weight is 419 g/mol. The van der Waals surface area contributed by atoms with E-state index >= 15 is 0 Å². The van der Waals surface area contributed by atoms with Crippen LogP contribution in [-0.2, 0) is 0 Å². The van der Waals surface area contributed by atoms with Crippen molar-refractivity contribution >= 4 is 33.9 Å². The summed E-state index contributed by atoms with van der Waals surface area (Å²) >= 11 is 0. The van der Waals surface area contributed by atoms with Gasteiger partial charge >= 0.3 is 0 Å². The van der Waals surface area contributed by atoms with Gasteiger partial charge in [-0.15, -0.1) is 0 Å². The van der Waals surface area contributed by atoms with Crippen molar-refractivity contribution in [3.05, 3.63) is 48.0 Å². The summed E-state index contributed by atoms with van der Waals surface area (Å²) in [5, 5.41) is 2.99. The normalized spacial score (nSPS) is 12.1. The van der Waals surface area contributed by atoms with E-state index in [4.69, 9.17) is 25.2 Å². The Labute approximate surface area is 180 Å². The molecule has 1 atom stereocenters. The fourth-order valence-electron chi connectivity index (χ4n) is 3.51. The molecular weight excluding hydrogens is 394 g/mol. The Hall–Kier alpha value is -3.81. The molecule has 2 aromatic heterocycles. The van der Waals surface area contributed by atoms with Gasteiger partial charge in [0.2, 0.25) is 0 Å². The molecule has 31 heavy (non-hydrogen) atoms. The molecule has 0 aliphatic heterocycles. The number of amides is 1. The number of hydrogen-bond acceptors (Lipinski definition) is 6. The van der Waals surface area contributed by atoms with Gasteiger partial charge in [-0.2, -0.15) is 0 Å². The standard InChI is InChI=1S/C23H25N5O3/c1-5-13(2)25-23(29)19-20-22(27-16-9-7-6-8-15(16)26-20)28(21(19)24)14-10-11-17(30-3)18(12-14)31-4/h6-13H,5,24H2,1-4H3,(H,25,29). The van der Waals surface area contributed by atoms with Crippen molar-refractivity contribution in [1.82, 2.24) is 19.9 Å². The highest BCUT2D eigenvalue weighted by molar-refractivity contribution is 6.11. The molecule has 1 amide bonds. The Morgan fingerprint density at radius 3 is 2.42 bits per heavy atom. The molecule has 0 aliphatic carbocycles. The Kier molecular flexibility index (Phi) is 5.37. The number of fused-ring (bicyclic) bond motifs is 2. The monoisotopic (exact) mass is 419 g/mol. The molecule has 8 heteroatoms. The summed E-state index contributed by atoms with van der Waals surface area (Å²) in [5.41, 5.74) is 9.89. The highest BCUT2D eigenvalue weighted by Crippen LogP contribution is 2.35. The number of benzene rings is 2. The largest absolute Gasteiger partial charge is 0.493 e. The van der Waals surface area contributed by atoms with E-state index in [1.54, 1.807) is 30.9 Å². The van der Waals surface area contributed by atoms with Gasteiger partial charge < -0.3 is 20.5 Å². The van der Waals surface area contributed by atoms with Crippen molar-refractivity contribution in [2.45, 2.75) is 26.3 Å². The highest BCUT2D eigenvalue weighted by Gasteiger charge is 2.26. The number of rotatable bonds is 6. The number of nitrogens with one attached hydrogen (secondary N) is 1. The van der Waals surface area contributed by atoms with Crippen LogP contribution in [0.1, 0.15) is 30.6 Å². The smallest absolute Gasteiger partial charge is 0.257 e. The third-order valence-corrected chi connectivity index (χ3v) is 5.34. The third-order valence-electron chi connectivity index (χ3n) is 5.34. The molecule has 0 aliphatic rings. The van der Waals surface area contributed by atoms with Crippen LogP contribution in [0.15, 0.2) is 42.5 Å². The van der Waals surface area contributed by atoms with Crippen molar-refractivity contribution in [1.29, 1.82) is 0 Å². The van der Waals surface area contributed by atoms with Crippen molar-refractivity contribution < 1.29 is 14.3 Å². The van der Waals surface area contributed by atoms with E-state index in [2.05, 4.69) is 5.32 Å². The minimum absolute atomic E-state index is 0.000189. The summed E-state index contributed by atoms with van der Waals surface area (Å²) in [6, 6.07) is 12.9. The Balaban J connectivity index is 2.02. The number of aromatic nitrogens is 3. The van der Waals surface area contributed by atoms with Crippen LogP contribution in [0.25, 0.3) is 27.9 Å². The molecule has 0 bridgehead atoms. The lowest BCUT2D eigenvalue weighted by Crippen LogP contribution is -2.32. The molecule has 0 radical (unpaired) electrons. The van der Waals surface area contributed by atoms with Crippen LogP contribution in [0.5, 0.6) is 11.5 Å². The predicted octanol–water partition coefficient (Wildman–Crippen LogP) is 3.70. The molecule has 160 valence electrons. The van der Waals surface area contributed by atoms with Crippen molar-refractivity contribution in [2.75, 3.05) is 20.0 Å². The van der Waals surface area contributed by atoms with Crippen LogP contribution in [0.3, 0.4) is 0 Å². The van der Waals surface area contributed by atoms with Gasteiger partial charge in [0, 0.05) is 12.1 Å². The van der Waals surface area contributed by atoms with Crippen molar-refractivity contribution in [3.63, 3.8) is 0 Å². The lowest BCUT2D eigenvalue weighted by Gasteiger charge is -2.13. The number of hydrogen-bond donors (Lipinski definition) is 2. The van der Waals surface area contributed by atoms with Crippen LogP contribution in [-0.4, -0.2) is 40.7 Å². The minimum atomic E-state index is -0.277. The van der Waals surface area contributed by atoms with Crippen LogP contribution in [0, 0.1) is 0 Å². The predicted molar refractivity (Wildman–Crippen MR) is 121 cm³/mol. The highest BCUT2D eigenvalue weighted by atomic mass is 16.5. The summed E-state index contributed by atoms with van der Waals surface area (Å²) < 4.78 is 12.5. The molecule has 0 saturated carbocycles. The van der Waals surface area contributed by atoms with Gasteiger partial charge in [-0.25, -0.2) is 9.97 Å². The van der Waals surface area contributed by atoms with Gasteiger partial charge in [0.15, 0.2) is 17.1 Å². The van der Waals surface area contributed by atoms with Gasteiger partial charge in [0.25, 0.3) is 5.91 Å². The Morgan fingerprint density at radius 2 is 1.77 bits per heavy atom. The topological polar surface area (TPSA) is 104 Å². The van der Waals surface area contributed by atoms with Gasteiger partial charge in [-0.05, 0) is 37.6 Å². The van der Waals surface area contributed by atoms with E-state index < -0.39 is 0 Å². The molecule has 0 fully saturated rings. The molecule has 2 aromatic carbocycles. The van der Waals surface area contributed by atoms with E-state index in [-0.39, 0.29) is 17.8 Å². The Morgan fingerprint density at radius 1 is 1.10 bits per heavy atom. The quantitative estimate of drug-likeness (QED) is 0.494. The molecule has 0 saturated heterocycles. The molecule has 1 unspecified atom stereocenters. The first kappa shape index (κ1) is 20.5. The number of nitrogens with zero attached hydrogens (tertiary/aromatic N) is 3. The van der Waals surface area contributed by atoms with Gasteiger partial charge in [0.1, 0.15) is 16.9 Å². The number of para-hydroxylation sites is 2. The third kappa shape index (κ3) is 3.50. The zero-order chi connectivity index (χ0) is 22.1. The van der Waals surface area contributed by atoms with Crippen molar-refractivity contribution in [2.24, 2.45) is 0 Å². The van der Waals surface area contributed by atoms with E-state index in [9.17, 15) is 4.79 Å². The lowest BCUT2D eigenvalue weighted by molar-refractivity contribution is 0.0941. The number of anilines is 1. The zero-order valence-corrected chi connectivity index (χ0v) is 18.0. The average Bonchev–Trinajstić information content (AvgIpc) is 3.07. The molecule has 8 nitrogen and oxygen atoms in total. The van der Waals surface area contributed by atoms with Crippen LogP contribution < -0.4 is 20.5 Å². The number of nitrogen functional groups attached to an aromatic ring is 1. The second-order valence-electron chi connectivity index (χ2n) is 7.30. The maximum atomic E-state index is 13.1. The first-order valence-corrected chi connectivity index (χ1v) is 10.1. The summed E-state index contributed by atoms with van der Waals surface area (Å²) in [4.78, 5) is 22.7. The first-order valence-electron chi connectivity index (χ1n) is 10.1. The number of ether oxygens (including phenoxy) is 2. The summed E-state index contributed by atoms with van der Waals surface area (Å²) in [7, 11) is 3.14. The molecule has 2 heterocycles. The summed E-state index contributed by atoms with van der Waals surface area (Å²) in [6.07, 6.45) is 0.800. The van der Waals surface area contributed by atoms with E-state index in [1.807, 2.05) is 44.2 Å². The van der Waals surface area contributed by atoms with E-state index in [0.717, 1.165) is 6.42 Å². The molecule has 4 rings (SSSR count). The number of carbonyl (C=O) groups is 1. The van der Waals surface area contributed by atoms with Crippen LogP contribution >= 0.6 is 0 Å². The summed E-state index contributed by atoms with van der Waals surface area (Å²) in [5.74, 6) is 1.12. The number of nitrogens with two attached hydrogens (primary N) is 1. The molecular formula is C23H25N5O3. The van der Waals surface area contributed by atoms with Crippen LogP contribution in [0.2, 0.25) is 0 Å².